The van der Waals surface area contributed by atoms with Crippen molar-refractivity contribution in [1.29, 1.82) is 0 Å². The van der Waals surface area contributed by atoms with Gasteiger partial charge in [0.1, 0.15) is 29.6 Å². The summed E-state index contributed by atoms with van der Waals surface area (Å²) in [4.78, 5) is 61.4. The Kier molecular flexibility index (Phi) is 8.96. The Morgan fingerprint density at radius 1 is 1.04 bits per heavy atom. The van der Waals surface area contributed by atoms with Crippen LogP contribution in [0.3, 0.4) is 0 Å². The lowest BCUT2D eigenvalue weighted by Gasteiger charge is -2.36. The summed E-state index contributed by atoms with van der Waals surface area (Å²) in [5.74, 6) is -1.29. The average Bonchev–Trinajstić information content (AvgIpc) is 3.74. The van der Waals surface area contributed by atoms with Crippen LogP contribution in [0.2, 0.25) is 5.02 Å². The van der Waals surface area contributed by atoms with Gasteiger partial charge in [-0.1, -0.05) is 18.5 Å². The molecule has 0 radical (unpaired) electrons. The predicted molar refractivity (Wildman–Crippen MR) is 186 cm³/mol. The first kappa shape index (κ1) is 35.3. The van der Waals surface area contributed by atoms with Crippen molar-refractivity contribution in [3.63, 3.8) is 0 Å². The van der Waals surface area contributed by atoms with Crippen LogP contribution >= 0.6 is 11.6 Å². The summed E-state index contributed by atoms with van der Waals surface area (Å²) in [5, 5.41) is 21.6. The summed E-state index contributed by atoms with van der Waals surface area (Å²) in [7, 11) is 1.75. The number of hydrogen-bond donors (Lipinski definition) is 2. The fourth-order valence-corrected chi connectivity index (χ4v) is 6.45. The molecule has 5 aromatic heterocycles. The molecule has 274 valence electrons. The standard InChI is InChI=1S/C33H30ClF3N12O4/c1-4-24-27(46-7-9-47(10-8-46)30(52)26-28(51)17(2)39-16-40-26)31(53)49-32(42-29(44-49)18-11-22-23(38-13-18)14-45(3)43-22)48(24)15-25(50)41-21-6-5-19(12-20(21)34)33(35,36)37/h5-6,11-14,16,51H,4,7-10,15H2,1-3H3,(H,41,50). The second-order valence-corrected chi connectivity index (χ2v) is 12.7. The molecule has 16 nitrogen and oxygen atoms in total. The van der Waals surface area contributed by atoms with E-state index in [0.29, 0.717) is 22.3 Å². The first-order chi connectivity index (χ1) is 25.2. The van der Waals surface area contributed by atoms with E-state index in [4.69, 9.17) is 11.6 Å². The number of aromatic hydroxyl groups is 1. The number of benzene rings is 1. The number of carbonyl (C=O) groups is 2. The second-order valence-electron chi connectivity index (χ2n) is 12.3. The van der Waals surface area contributed by atoms with E-state index in [1.165, 1.54) is 15.8 Å². The Hall–Kier alpha value is -6.11. The number of fused-ring (bicyclic) bond motifs is 2. The van der Waals surface area contributed by atoms with E-state index in [9.17, 15) is 32.7 Å². The molecule has 7 rings (SSSR count). The first-order valence-electron chi connectivity index (χ1n) is 16.3. The van der Waals surface area contributed by atoms with Gasteiger partial charge in [0, 0.05) is 45.0 Å². The van der Waals surface area contributed by atoms with Crippen LogP contribution in [0.25, 0.3) is 28.2 Å². The number of alkyl halides is 3. The van der Waals surface area contributed by atoms with Crippen molar-refractivity contribution in [3.05, 3.63) is 81.0 Å². The molecule has 1 aromatic carbocycles. The van der Waals surface area contributed by atoms with E-state index >= 15 is 0 Å². The number of halogens is 4. The van der Waals surface area contributed by atoms with Gasteiger partial charge in [0.05, 0.1) is 33.9 Å². The molecule has 0 bridgehead atoms. The van der Waals surface area contributed by atoms with Crippen molar-refractivity contribution in [2.45, 2.75) is 33.0 Å². The van der Waals surface area contributed by atoms with Gasteiger partial charge < -0.3 is 24.8 Å². The van der Waals surface area contributed by atoms with E-state index in [1.807, 2.05) is 0 Å². The van der Waals surface area contributed by atoms with Gasteiger partial charge in [-0.15, -0.1) is 5.10 Å². The number of carbonyl (C=O) groups excluding carboxylic acids is 2. The van der Waals surface area contributed by atoms with Gasteiger partial charge in [-0.3, -0.25) is 24.0 Å². The molecule has 0 saturated carbocycles. The van der Waals surface area contributed by atoms with E-state index in [1.54, 1.807) is 48.9 Å². The third kappa shape index (κ3) is 6.58. The lowest BCUT2D eigenvalue weighted by molar-refractivity contribution is -0.137. The van der Waals surface area contributed by atoms with Crippen LogP contribution in [0.4, 0.5) is 24.5 Å². The van der Waals surface area contributed by atoms with E-state index in [2.05, 4.69) is 35.5 Å². The lowest BCUT2D eigenvalue weighted by atomic mass is 10.2. The Labute approximate surface area is 302 Å². The average molecular weight is 751 g/mol. The Bertz CT molecular complexity index is 2490. The SMILES string of the molecule is CCc1c(N2CCN(C(=O)c3ncnc(C)c3O)CC2)c(=O)n2nc(-c3cnc4cn(C)nc4c3)nc2n1CC(=O)Nc1ccc(C(F)(F)F)cc1Cl. The quantitative estimate of drug-likeness (QED) is 0.244. The summed E-state index contributed by atoms with van der Waals surface area (Å²) < 4.78 is 43.9. The number of anilines is 2. The molecular weight excluding hydrogens is 721 g/mol. The van der Waals surface area contributed by atoms with E-state index in [-0.39, 0.29) is 77.7 Å². The summed E-state index contributed by atoms with van der Waals surface area (Å²) in [6.07, 6.45) is 0.111. The zero-order valence-corrected chi connectivity index (χ0v) is 29.1. The molecule has 0 atom stereocenters. The fourth-order valence-electron chi connectivity index (χ4n) is 6.23. The van der Waals surface area contributed by atoms with Crippen molar-refractivity contribution >= 4 is 51.6 Å². The van der Waals surface area contributed by atoms with Crippen molar-refractivity contribution in [3.8, 4) is 17.1 Å². The van der Waals surface area contributed by atoms with Crippen molar-refractivity contribution in [1.82, 2.24) is 48.8 Å². The maximum Gasteiger partial charge on any atom is 0.416 e. The minimum Gasteiger partial charge on any atom is -0.504 e. The molecule has 20 heteroatoms. The van der Waals surface area contributed by atoms with Gasteiger partial charge in [-0.05, 0) is 37.6 Å². The number of hydrogen-bond acceptors (Lipinski definition) is 11. The van der Waals surface area contributed by atoms with Crippen LogP contribution in [0.15, 0.2) is 47.8 Å². The maximum atomic E-state index is 14.3. The smallest absolute Gasteiger partial charge is 0.416 e. The predicted octanol–water partition coefficient (Wildman–Crippen LogP) is 3.48. The molecule has 0 spiro atoms. The summed E-state index contributed by atoms with van der Waals surface area (Å²) in [6.45, 7) is 3.70. The topological polar surface area (TPSA) is 182 Å². The van der Waals surface area contributed by atoms with Crippen LogP contribution in [0.5, 0.6) is 5.75 Å². The zero-order chi connectivity index (χ0) is 37.8. The Morgan fingerprint density at radius 3 is 2.49 bits per heavy atom. The number of aromatic nitrogens is 9. The Morgan fingerprint density at radius 2 is 1.79 bits per heavy atom. The summed E-state index contributed by atoms with van der Waals surface area (Å²) in [6, 6.07) is 4.32. The second kappa shape index (κ2) is 13.5. The molecule has 2 amide bonds. The minimum atomic E-state index is -4.63. The van der Waals surface area contributed by atoms with Gasteiger partial charge in [-0.25, -0.2) is 9.97 Å². The number of pyridine rings is 1. The largest absolute Gasteiger partial charge is 0.504 e. The maximum absolute atomic E-state index is 14.3. The highest BCUT2D eigenvalue weighted by Crippen LogP contribution is 2.34. The minimum absolute atomic E-state index is 0.0313. The number of aryl methyl sites for hydroxylation is 2. The Balaban J connectivity index is 1.27. The lowest BCUT2D eigenvalue weighted by Crippen LogP contribution is -2.51. The van der Waals surface area contributed by atoms with Crippen LogP contribution in [-0.4, -0.2) is 91.9 Å². The molecule has 0 aliphatic carbocycles. The molecule has 0 unspecified atom stereocenters. The van der Waals surface area contributed by atoms with Gasteiger partial charge in [0.25, 0.3) is 11.5 Å². The highest BCUT2D eigenvalue weighted by atomic mass is 35.5. The molecule has 1 fully saturated rings. The van der Waals surface area contributed by atoms with Crippen molar-refractivity contribution in [2.24, 2.45) is 7.05 Å². The third-order valence-electron chi connectivity index (χ3n) is 8.85. The van der Waals surface area contributed by atoms with Crippen LogP contribution in [0.1, 0.15) is 34.4 Å². The fraction of sp³-hybridized carbons (Fsp3) is 0.303. The molecule has 6 aromatic rings. The molecule has 2 N–H and O–H groups in total. The van der Waals surface area contributed by atoms with Gasteiger partial charge in [0.2, 0.25) is 11.7 Å². The van der Waals surface area contributed by atoms with Gasteiger partial charge in [-0.2, -0.15) is 27.8 Å². The molecule has 1 aliphatic heterocycles. The van der Waals surface area contributed by atoms with E-state index in [0.717, 1.165) is 22.7 Å². The molecular formula is C33H30ClF3N12O4. The van der Waals surface area contributed by atoms with Crippen LogP contribution in [-0.2, 0) is 31.0 Å². The third-order valence-corrected chi connectivity index (χ3v) is 9.17. The zero-order valence-electron chi connectivity index (χ0n) is 28.4. The number of rotatable bonds is 7. The van der Waals surface area contributed by atoms with E-state index < -0.39 is 35.7 Å². The summed E-state index contributed by atoms with van der Waals surface area (Å²) in [5.41, 5.74) is 0.919. The van der Waals surface area contributed by atoms with Gasteiger partial charge in [0.15, 0.2) is 17.3 Å². The first-order valence-corrected chi connectivity index (χ1v) is 16.6. The number of nitrogens with one attached hydrogen (secondary N) is 1. The molecule has 1 aliphatic rings. The highest BCUT2D eigenvalue weighted by molar-refractivity contribution is 6.33. The number of amides is 2. The number of nitrogens with zero attached hydrogens (tertiary/aromatic N) is 11. The normalized spacial score (nSPS) is 13.6. The van der Waals surface area contributed by atoms with Crippen molar-refractivity contribution < 1.29 is 27.9 Å². The number of piperazine rings is 1. The molecule has 6 heterocycles. The highest BCUT2D eigenvalue weighted by Gasteiger charge is 2.32. The van der Waals surface area contributed by atoms with Gasteiger partial charge >= 0.3 is 6.18 Å². The molecule has 53 heavy (non-hydrogen) atoms. The monoisotopic (exact) mass is 750 g/mol. The van der Waals surface area contributed by atoms with Crippen LogP contribution < -0.4 is 15.8 Å². The summed E-state index contributed by atoms with van der Waals surface area (Å²) >= 11 is 6.13. The molecule has 1 saturated heterocycles. The van der Waals surface area contributed by atoms with Crippen molar-refractivity contribution in [2.75, 3.05) is 36.4 Å². The van der Waals surface area contributed by atoms with Crippen LogP contribution in [0, 0.1) is 6.92 Å².